The maximum atomic E-state index is 10.6. The molecule has 2 N–H and O–H groups in total. The van der Waals surface area contributed by atoms with Crippen molar-refractivity contribution in [1.29, 1.82) is 0 Å². The molecule has 0 atom stereocenters. The van der Waals surface area contributed by atoms with Gasteiger partial charge in [0.25, 0.3) is 5.69 Å². The molecular weight excluding hydrogens is 260 g/mol. The number of aromatic nitrogens is 1. The van der Waals surface area contributed by atoms with Gasteiger partial charge < -0.3 is 14.8 Å². The lowest BCUT2D eigenvalue weighted by Crippen LogP contribution is -1.88. The highest BCUT2D eigenvalue weighted by Gasteiger charge is 2.07. The summed E-state index contributed by atoms with van der Waals surface area (Å²) in [6.45, 7) is 0. The molecule has 0 aliphatic rings. The number of aromatic amines is 1. The Kier molecular flexibility index (Phi) is 2.76. The third-order valence-electron chi connectivity index (χ3n) is 2.93. The second-order valence-electron chi connectivity index (χ2n) is 4.24. The second kappa shape index (κ2) is 4.58. The maximum Gasteiger partial charge on any atom is 0.269 e. The molecule has 0 aliphatic carbocycles. The molecular formula is C14H10N2O4. The predicted molar refractivity (Wildman–Crippen MR) is 73.1 cm³/mol. The van der Waals surface area contributed by atoms with Crippen LogP contribution in [0, 0.1) is 10.1 Å². The molecule has 3 aromatic rings. The van der Waals surface area contributed by atoms with Gasteiger partial charge in [0.15, 0.2) is 5.88 Å². The minimum absolute atomic E-state index is 0.0170. The van der Waals surface area contributed by atoms with Crippen LogP contribution in [0.1, 0.15) is 0 Å². The summed E-state index contributed by atoms with van der Waals surface area (Å²) >= 11 is 0. The standard InChI is InChI=1S/C14H10N2O4/c17-14-13-6-5-12(7-9(13)8-15-14)20-11-3-1-10(2-4-11)16(18)19/h1-8,15,17H. The Morgan fingerprint density at radius 1 is 1.10 bits per heavy atom. The number of nitro groups is 1. The van der Waals surface area contributed by atoms with Gasteiger partial charge in [-0.1, -0.05) is 0 Å². The number of ether oxygens (including phenoxy) is 1. The van der Waals surface area contributed by atoms with Crippen LogP contribution in [0.4, 0.5) is 5.69 Å². The van der Waals surface area contributed by atoms with E-state index in [1.165, 1.54) is 24.3 Å². The Hall–Kier alpha value is -3.02. The van der Waals surface area contributed by atoms with Crippen LogP contribution in [0.3, 0.4) is 0 Å². The predicted octanol–water partition coefficient (Wildman–Crippen LogP) is 3.57. The van der Waals surface area contributed by atoms with Crippen molar-refractivity contribution < 1.29 is 14.8 Å². The van der Waals surface area contributed by atoms with Crippen molar-refractivity contribution in [3.8, 4) is 17.4 Å². The third-order valence-corrected chi connectivity index (χ3v) is 2.93. The number of aromatic hydroxyl groups is 1. The fraction of sp³-hybridized carbons (Fsp3) is 0. The topological polar surface area (TPSA) is 88.4 Å². The number of hydrogen-bond acceptors (Lipinski definition) is 4. The second-order valence-corrected chi connectivity index (χ2v) is 4.24. The number of hydrogen-bond donors (Lipinski definition) is 2. The van der Waals surface area contributed by atoms with E-state index in [9.17, 15) is 15.2 Å². The van der Waals surface area contributed by atoms with E-state index >= 15 is 0 Å². The number of benzene rings is 2. The lowest BCUT2D eigenvalue weighted by Gasteiger charge is -2.05. The molecule has 0 spiro atoms. The summed E-state index contributed by atoms with van der Waals surface area (Å²) < 4.78 is 5.61. The van der Waals surface area contributed by atoms with Crippen LogP contribution in [0.5, 0.6) is 17.4 Å². The quantitative estimate of drug-likeness (QED) is 0.562. The lowest BCUT2D eigenvalue weighted by atomic mass is 10.2. The van der Waals surface area contributed by atoms with E-state index in [0.717, 1.165) is 5.39 Å². The molecule has 2 aromatic carbocycles. The smallest absolute Gasteiger partial charge is 0.269 e. The monoisotopic (exact) mass is 270 g/mol. The molecule has 0 fully saturated rings. The van der Waals surface area contributed by atoms with E-state index in [2.05, 4.69) is 4.98 Å². The maximum absolute atomic E-state index is 10.6. The van der Waals surface area contributed by atoms with Gasteiger partial charge in [-0.25, -0.2) is 0 Å². The van der Waals surface area contributed by atoms with Crippen molar-refractivity contribution in [2.45, 2.75) is 0 Å². The highest BCUT2D eigenvalue weighted by atomic mass is 16.6. The molecule has 1 heterocycles. The minimum atomic E-state index is -0.460. The first kappa shape index (κ1) is 12.0. The summed E-state index contributed by atoms with van der Waals surface area (Å²) in [5, 5.41) is 21.6. The lowest BCUT2D eigenvalue weighted by molar-refractivity contribution is -0.384. The molecule has 0 aliphatic heterocycles. The molecule has 1 aromatic heterocycles. The number of rotatable bonds is 3. The van der Waals surface area contributed by atoms with Crippen molar-refractivity contribution >= 4 is 16.5 Å². The average molecular weight is 270 g/mol. The summed E-state index contributed by atoms with van der Waals surface area (Å²) in [5.74, 6) is 1.21. The number of nitrogens with one attached hydrogen (secondary N) is 1. The molecule has 0 bridgehead atoms. The summed E-state index contributed by atoms with van der Waals surface area (Å²) in [5.41, 5.74) is 0.0170. The van der Waals surface area contributed by atoms with Crippen LogP contribution in [0.25, 0.3) is 10.8 Å². The van der Waals surface area contributed by atoms with Crippen LogP contribution in [0.2, 0.25) is 0 Å². The van der Waals surface area contributed by atoms with Crippen molar-refractivity contribution in [3.63, 3.8) is 0 Å². The zero-order valence-electron chi connectivity index (χ0n) is 10.2. The summed E-state index contributed by atoms with van der Waals surface area (Å²) in [6, 6.07) is 11.1. The third kappa shape index (κ3) is 2.14. The Morgan fingerprint density at radius 3 is 2.50 bits per heavy atom. The van der Waals surface area contributed by atoms with Gasteiger partial charge in [0, 0.05) is 29.1 Å². The molecule has 20 heavy (non-hydrogen) atoms. The van der Waals surface area contributed by atoms with Gasteiger partial charge in [-0.15, -0.1) is 0 Å². The van der Waals surface area contributed by atoms with E-state index in [1.807, 2.05) is 0 Å². The number of nitrogens with zero attached hydrogens (tertiary/aromatic N) is 1. The zero-order valence-corrected chi connectivity index (χ0v) is 10.2. The first-order valence-corrected chi connectivity index (χ1v) is 5.86. The highest BCUT2D eigenvalue weighted by molar-refractivity contribution is 5.88. The van der Waals surface area contributed by atoms with Gasteiger partial charge in [-0.2, -0.15) is 0 Å². The molecule has 0 saturated carbocycles. The molecule has 6 nitrogen and oxygen atoms in total. The van der Waals surface area contributed by atoms with E-state index < -0.39 is 4.92 Å². The molecule has 0 unspecified atom stereocenters. The van der Waals surface area contributed by atoms with E-state index in [-0.39, 0.29) is 11.6 Å². The zero-order chi connectivity index (χ0) is 14.1. The summed E-state index contributed by atoms with van der Waals surface area (Å²) in [6.07, 6.45) is 1.67. The first-order valence-electron chi connectivity index (χ1n) is 5.86. The van der Waals surface area contributed by atoms with Crippen molar-refractivity contribution in [1.82, 2.24) is 4.98 Å². The fourth-order valence-electron chi connectivity index (χ4n) is 1.94. The van der Waals surface area contributed by atoms with Gasteiger partial charge >= 0.3 is 0 Å². The Bertz CT molecular complexity index is 777. The summed E-state index contributed by atoms with van der Waals surface area (Å²) in [7, 11) is 0. The van der Waals surface area contributed by atoms with Gasteiger partial charge in [0.05, 0.1) is 4.92 Å². The number of H-pyrrole nitrogens is 1. The van der Waals surface area contributed by atoms with E-state index in [1.54, 1.807) is 24.4 Å². The SMILES string of the molecule is O=[N+]([O-])c1ccc(Oc2ccc3c(O)[nH]cc3c2)cc1. The molecule has 6 heteroatoms. The van der Waals surface area contributed by atoms with Crippen molar-refractivity contribution in [3.05, 3.63) is 58.8 Å². The van der Waals surface area contributed by atoms with E-state index in [4.69, 9.17) is 4.74 Å². The number of fused-ring (bicyclic) bond motifs is 1. The minimum Gasteiger partial charge on any atom is -0.494 e. The molecule has 0 radical (unpaired) electrons. The fourth-order valence-corrected chi connectivity index (χ4v) is 1.94. The summed E-state index contributed by atoms with van der Waals surface area (Å²) in [4.78, 5) is 12.8. The van der Waals surface area contributed by atoms with Gasteiger partial charge in [0.2, 0.25) is 0 Å². The molecule has 0 saturated heterocycles. The van der Waals surface area contributed by atoms with Crippen LogP contribution in [-0.2, 0) is 0 Å². The van der Waals surface area contributed by atoms with Crippen LogP contribution < -0.4 is 4.74 Å². The molecule has 100 valence electrons. The van der Waals surface area contributed by atoms with Crippen LogP contribution in [-0.4, -0.2) is 15.0 Å². The Balaban J connectivity index is 1.86. The van der Waals surface area contributed by atoms with Crippen molar-refractivity contribution in [2.24, 2.45) is 0 Å². The van der Waals surface area contributed by atoms with Gasteiger partial charge in [-0.3, -0.25) is 10.1 Å². The van der Waals surface area contributed by atoms with Crippen molar-refractivity contribution in [2.75, 3.05) is 0 Å². The number of non-ortho nitro benzene ring substituents is 1. The molecule has 3 rings (SSSR count). The average Bonchev–Trinajstić information content (AvgIpc) is 2.81. The highest BCUT2D eigenvalue weighted by Crippen LogP contribution is 2.30. The van der Waals surface area contributed by atoms with Crippen LogP contribution >= 0.6 is 0 Å². The number of nitro benzene ring substituents is 1. The Morgan fingerprint density at radius 2 is 1.80 bits per heavy atom. The van der Waals surface area contributed by atoms with Gasteiger partial charge in [0.1, 0.15) is 11.5 Å². The first-order chi connectivity index (χ1) is 9.63. The normalized spacial score (nSPS) is 10.6. The van der Waals surface area contributed by atoms with Crippen LogP contribution in [0.15, 0.2) is 48.7 Å². The molecule has 0 amide bonds. The van der Waals surface area contributed by atoms with Gasteiger partial charge in [-0.05, 0) is 30.3 Å². The largest absolute Gasteiger partial charge is 0.494 e. The Labute approximate surface area is 113 Å². The van der Waals surface area contributed by atoms with E-state index in [0.29, 0.717) is 16.9 Å².